The highest BCUT2D eigenvalue weighted by molar-refractivity contribution is 5.47. The van der Waals surface area contributed by atoms with Crippen LogP contribution in [0.5, 0.6) is 0 Å². The summed E-state index contributed by atoms with van der Waals surface area (Å²) < 4.78 is 4.14. The molecule has 4 rings (SSSR count). The molecule has 6 nitrogen and oxygen atoms in total. The molecule has 25 heavy (non-hydrogen) atoms. The largest absolute Gasteiger partial charge is 0.337 e. The first-order chi connectivity index (χ1) is 12.0. The van der Waals surface area contributed by atoms with Crippen LogP contribution < -0.4 is 0 Å². The minimum Gasteiger partial charge on any atom is -0.337 e. The van der Waals surface area contributed by atoms with Gasteiger partial charge < -0.3 is 4.57 Å². The molecule has 0 N–H and O–H groups in total. The molecule has 3 aromatic rings. The molecule has 0 radical (unpaired) electrons. The maximum Gasteiger partial charge on any atom is 0.159 e. The van der Waals surface area contributed by atoms with Gasteiger partial charge in [0.1, 0.15) is 5.82 Å². The molecular formula is C19H26N6. The third-order valence-corrected chi connectivity index (χ3v) is 5.15. The van der Waals surface area contributed by atoms with E-state index in [9.17, 15) is 0 Å². The second kappa shape index (κ2) is 6.26. The first-order valence-electron chi connectivity index (χ1n) is 9.04. The zero-order chi connectivity index (χ0) is 17.6. The Bertz CT molecular complexity index is 906. The molecule has 3 aromatic heterocycles. The number of hydrogen-bond donors (Lipinski definition) is 0. The second-order valence-corrected chi connectivity index (χ2v) is 7.37. The van der Waals surface area contributed by atoms with E-state index < -0.39 is 0 Å². The lowest BCUT2D eigenvalue weighted by Crippen LogP contribution is -2.34. The van der Waals surface area contributed by atoms with Gasteiger partial charge in [0.25, 0.3) is 0 Å². The molecule has 132 valence electrons. The van der Waals surface area contributed by atoms with Crippen LogP contribution in [-0.2, 0) is 13.6 Å². The van der Waals surface area contributed by atoms with Crippen molar-refractivity contribution < 1.29 is 0 Å². The lowest BCUT2D eigenvalue weighted by atomic mass is 9.97. The number of fused-ring (bicyclic) bond motifs is 1. The van der Waals surface area contributed by atoms with Crippen molar-refractivity contribution in [1.82, 2.24) is 29.0 Å². The summed E-state index contributed by atoms with van der Waals surface area (Å²) in [6, 6.07) is 2.07. The summed E-state index contributed by atoms with van der Waals surface area (Å²) in [7, 11) is 2.11. The van der Waals surface area contributed by atoms with E-state index in [1.807, 2.05) is 17.6 Å². The summed E-state index contributed by atoms with van der Waals surface area (Å²) in [6.07, 6.45) is 6.52. The molecule has 0 aromatic carbocycles. The molecule has 1 aliphatic rings. The SMILES string of the molecule is Cc1cn(C)c([C@H]2CCCN(Cc3cnn4c(C)cc(C)nc34)C2)n1. The van der Waals surface area contributed by atoms with Gasteiger partial charge >= 0.3 is 0 Å². The standard InChI is InChI=1S/C19H26N6/c1-13-8-15(3)25-19(21-13)17(9-20-25)12-24-7-5-6-16(11-24)18-22-14(2)10-23(18)4/h8-10,16H,5-7,11-12H2,1-4H3/t16-/m0/s1. The monoisotopic (exact) mass is 338 g/mol. The fourth-order valence-corrected chi connectivity index (χ4v) is 4.09. The van der Waals surface area contributed by atoms with Gasteiger partial charge in [0, 0.05) is 49.2 Å². The summed E-state index contributed by atoms with van der Waals surface area (Å²) in [5.41, 5.74) is 5.49. The Hall–Kier alpha value is -2.21. The van der Waals surface area contributed by atoms with Gasteiger partial charge in [0.05, 0.1) is 11.9 Å². The quantitative estimate of drug-likeness (QED) is 0.737. The van der Waals surface area contributed by atoms with Crippen LogP contribution in [-0.4, -0.2) is 42.1 Å². The third-order valence-electron chi connectivity index (χ3n) is 5.15. The summed E-state index contributed by atoms with van der Waals surface area (Å²) in [5, 5.41) is 4.53. The van der Waals surface area contributed by atoms with Gasteiger partial charge in [0.2, 0.25) is 0 Å². The Balaban J connectivity index is 1.56. The van der Waals surface area contributed by atoms with E-state index in [-0.39, 0.29) is 0 Å². The molecule has 6 heteroatoms. The van der Waals surface area contributed by atoms with Crippen LogP contribution in [0.2, 0.25) is 0 Å². The minimum absolute atomic E-state index is 0.505. The second-order valence-electron chi connectivity index (χ2n) is 7.37. The Morgan fingerprint density at radius 3 is 2.76 bits per heavy atom. The van der Waals surface area contributed by atoms with Crippen molar-refractivity contribution in [2.45, 2.75) is 46.1 Å². The zero-order valence-corrected chi connectivity index (χ0v) is 15.5. The Labute approximate surface area is 148 Å². The van der Waals surface area contributed by atoms with Gasteiger partial charge in [-0.15, -0.1) is 0 Å². The van der Waals surface area contributed by atoms with Crippen molar-refractivity contribution in [2.75, 3.05) is 13.1 Å². The van der Waals surface area contributed by atoms with Crippen LogP contribution in [0, 0.1) is 20.8 Å². The van der Waals surface area contributed by atoms with Gasteiger partial charge in [-0.3, -0.25) is 4.90 Å². The van der Waals surface area contributed by atoms with Crippen LogP contribution in [0.4, 0.5) is 0 Å². The summed E-state index contributed by atoms with van der Waals surface area (Å²) >= 11 is 0. The smallest absolute Gasteiger partial charge is 0.159 e. The Morgan fingerprint density at radius 2 is 2.00 bits per heavy atom. The topological polar surface area (TPSA) is 51.2 Å². The van der Waals surface area contributed by atoms with Gasteiger partial charge in [0.15, 0.2) is 5.65 Å². The van der Waals surface area contributed by atoms with Crippen molar-refractivity contribution in [3.8, 4) is 0 Å². The number of aromatic nitrogens is 5. The maximum atomic E-state index is 4.75. The predicted molar refractivity (Wildman–Crippen MR) is 97.7 cm³/mol. The fraction of sp³-hybridized carbons (Fsp3) is 0.526. The predicted octanol–water partition coefficient (Wildman–Crippen LogP) is 2.77. The molecule has 0 bridgehead atoms. The van der Waals surface area contributed by atoms with Gasteiger partial charge in [-0.05, 0) is 46.2 Å². The van der Waals surface area contributed by atoms with E-state index in [2.05, 4.69) is 47.7 Å². The molecule has 0 aliphatic carbocycles. The van der Waals surface area contributed by atoms with Crippen molar-refractivity contribution >= 4 is 5.65 Å². The lowest BCUT2D eigenvalue weighted by molar-refractivity contribution is 0.195. The van der Waals surface area contributed by atoms with Crippen molar-refractivity contribution in [3.05, 3.63) is 46.9 Å². The first-order valence-corrected chi connectivity index (χ1v) is 9.04. The van der Waals surface area contributed by atoms with Crippen LogP contribution in [0.1, 0.15) is 47.2 Å². The molecule has 1 atom stereocenters. The molecular weight excluding hydrogens is 312 g/mol. The van der Waals surface area contributed by atoms with Crippen LogP contribution in [0.15, 0.2) is 18.5 Å². The molecule has 0 unspecified atom stereocenters. The Morgan fingerprint density at radius 1 is 1.16 bits per heavy atom. The average Bonchev–Trinajstić information content (AvgIpc) is 3.11. The van der Waals surface area contributed by atoms with E-state index in [1.54, 1.807) is 0 Å². The molecule has 0 saturated carbocycles. The zero-order valence-electron chi connectivity index (χ0n) is 15.5. The van der Waals surface area contributed by atoms with E-state index in [0.717, 1.165) is 42.4 Å². The molecule has 0 amide bonds. The molecule has 1 saturated heterocycles. The molecule has 0 spiro atoms. The fourth-order valence-electron chi connectivity index (χ4n) is 4.09. The van der Waals surface area contributed by atoms with E-state index in [1.165, 1.54) is 24.2 Å². The highest BCUT2D eigenvalue weighted by Gasteiger charge is 2.25. The van der Waals surface area contributed by atoms with Crippen molar-refractivity contribution in [2.24, 2.45) is 7.05 Å². The van der Waals surface area contributed by atoms with Gasteiger partial charge in [-0.25, -0.2) is 14.5 Å². The molecule has 1 fully saturated rings. The maximum absolute atomic E-state index is 4.75. The van der Waals surface area contributed by atoms with Crippen molar-refractivity contribution in [3.63, 3.8) is 0 Å². The minimum atomic E-state index is 0.505. The number of nitrogens with zero attached hydrogens (tertiary/aromatic N) is 6. The van der Waals surface area contributed by atoms with E-state index in [0.29, 0.717) is 5.92 Å². The number of imidazole rings is 1. The molecule has 4 heterocycles. The lowest BCUT2D eigenvalue weighted by Gasteiger charge is -2.32. The van der Waals surface area contributed by atoms with Gasteiger partial charge in [-0.1, -0.05) is 0 Å². The Kier molecular flexibility index (Phi) is 4.07. The van der Waals surface area contributed by atoms with Crippen LogP contribution in [0.25, 0.3) is 5.65 Å². The van der Waals surface area contributed by atoms with E-state index >= 15 is 0 Å². The first kappa shape index (κ1) is 16.3. The highest BCUT2D eigenvalue weighted by atomic mass is 15.3. The summed E-state index contributed by atoms with van der Waals surface area (Å²) in [5.74, 6) is 1.72. The highest BCUT2D eigenvalue weighted by Crippen LogP contribution is 2.27. The number of aryl methyl sites for hydroxylation is 4. The van der Waals surface area contributed by atoms with Crippen LogP contribution >= 0.6 is 0 Å². The average molecular weight is 338 g/mol. The summed E-state index contributed by atoms with van der Waals surface area (Å²) in [4.78, 5) is 12.0. The summed E-state index contributed by atoms with van der Waals surface area (Å²) in [6.45, 7) is 9.27. The molecule has 1 aliphatic heterocycles. The number of hydrogen-bond acceptors (Lipinski definition) is 4. The third kappa shape index (κ3) is 3.06. The number of likely N-dealkylation sites (tertiary alicyclic amines) is 1. The van der Waals surface area contributed by atoms with E-state index in [4.69, 9.17) is 9.97 Å². The van der Waals surface area contributed by atoms with Crippen molar-refractivity contribution in [1.29, 1.82) is 0 Å². The normalized spacial score (nSPS) is 19.0. The van der Waals surface area contributed by atoms with Crippen LogP contribution in [0.3, 0.4) is 0 Å². The van der Waals surface area contributed by atoms with Gasteiger partial charge in [-0.2, -0.15) is 5.10 Å². The number of piperidine rings is 1. The number of rotatable bonds is 3.